The van der Waals surface area contributed by atoms with Crippen molar-refractivity contribution in [3.05, 3.63) is 23.7 Å². The number of nitriles is 1. The molecule has 3 aliphatic rings. The van der Waals surface area contributed by atoms with Crippen LogP contribution >= 0.6 is 33.9 Å². The van der Waals surface area contributed by atoms with Gasteiger partial charge < -0.3 is 9.80 Å². The van der Waals surface area contributed by atoms with Crippen LogP contribution in [0.1, 0.15) is 55.7 Å². The number of anilines is 1. The molecule has 1 aliphatic carbocycles. The molecule has 1 aromatic rings. The van der Waals surface area contributed by atoms with Crippen LogP contribution in [0.5, 0.6) is 0 Å². The summed E-state index contributed by atoms with van der Waals surface area (Å²) in [6.07, 6.45) is 15.6. The molecule has 4 nitrogen and oxygen atoms in total. The smallest absolute Gasteiger partial charge is 0.185 e. The maximum absolute atomic E-state index is 9.41. The molecule has 0 spiro atoms. The van der Waals surface area contributed by atoms with Gasteiger partial charge in [0.1, 0.15) is 0 Å². The van der Waals surface area contributed by atoms with Gasteiger partial charge >= 0.3 is 0 Å². The Bertz CT molecular complexity index is 707. The normalized spacial score (nSPS) is 32.8. The second-order valence-corrected chi connectivity index (χ2v) is 11.3. The zero-order chi connectivity index (χ0) is 18.2. The predicted molar refractivity (Wildman–Crippen MR) is 116 cm³/mol. The molecule has 0 unspecified atom stereocenters. The highest BCUT2D eigenvalue weighted by molar-refractivity contribution is 14.1. The van der Waals surface area contributed by atoms with Crippen molar-refractivity contribution in [3.63, 3.8) is 0 Å². The van der Waals surface area contributed by atoms with Crippen molar-refractivity contribution in [3.8, 4) is 6.19 Å². The van der Waals surface area contributed by atoms with E-state index in [1.54, 1.807) is 0 Å². The molecule has 2 aliphatic heterocycles. The van der Waals surface area contributed by atoms with Crippen LogP contribution in [0.4, 0.5) is 5.13 Å². The number of piperidine rings is 2. The van der Waals surface area contributed by atoms with Gasteiger partial charge in [-0.25, -0.2) is 4.98 Å². The lowest BCUT2D eigenvalue weighted by atomic mass is 9.66. The molecule has 0 bridgehead atoms. The molecule has 1 saturated carbocycles. The van der Waals surface area contributed by atoms with Crippen LogP contribution in [0.25, 0.3) is 0 Å². The van der Waals surface area contributed by atoms with Gasteiger partial charge in [-0.15, -0.1) is 17.9 Å². The minimum atomic E-state index is 0.0232. The largest absolute Gasteiger partial charge is 0.347 e. The summed E-state index contributed by atoms with van der Waals surface area (Å²) in [4.78, 5) is 10.7. The van der Waals surface area contributed by atoms with Crippen molar-refractivity contribution in [1.82, 2.24) is 9.88 Å². The zero-order valence-corrected chi connectivity index (χ0v) is 18.3. The molecule has 0 N–H and O–H groups in total. The number of rotatable bonds is 3. The maximum atomic E-state index is 9.41. The number of fused-ring (bicyclic) bond motifs is 1. The van der Waals surface area contributed by atoms with Crippen molar-refractivity contribution in [1.29, 1.82) is 5.26 Å². The summed E-state index contributed by atoms with van der Waals surface area (Å²) in [5, 5.41) is 10.6. The summed E-state index contributed by atoms with van der Waals surface area (Å²) in [7, 11) is 0. The first-order chi connectivity index (χ1) is 12.6. The van der Waals surface area contributed by atoms with Crippen molar-refractivity contribution in [2.45, 2.75) is 54.3 Å². The Hall–Kier alpha value is -0.810. The van der Waals surface area contributed by atoms with E-state index >= 15 is 0 Å². The van der Waals surface area contributed by atoms with Crippen LogP contribution in [-0.2, 0) is 0 Å². The summed E-state index contributed by atoms with van der Waals surface area (Å²) in [5.74, 6) is 0.726. The lowest BCUT2D eigenvalue weighted by molar-refractivity contribution is 0.119. The fraction of sp³-hybridized carbons (Fsp3) is 0.700. The molecule has 4 rings (SSSR count). The van der Waals surface area contributed by atoms with Crippen molar-refractivity contribution in [2.75, 3.05) is 31.1 Å². The SMILES string of the molecule is C=C[C@]12CCN(C#N)C[C@@]1(I)CN(c1ncc(C3CCCCC3)s1)CC2. The first-order valence-corrected chi connectivity index (χ1v) is 11.7. The molecule has 0 radical (unpaired) electrons. The van der Waals surface area contributed by atoms with E-state index in [1.807, 2.05) is 16.2 Å². The number of alkyl halides is 1. The number of thiazole rings is 1. The third kappa shape index (κ3) is 3.15. The van der Waals surface area contributed by atoms with E-state index in [0.717, 1.165) is 44.9 Å². The fourth-order valence-electron chi connectivity index (χ4n) is 5.00. The molecule has 3 fully saturated rings. The standard InChI is InChI=1S/C20H27IN4S/c1-2-19-8-10-24(15-22)13-20(19,21)14-25(11-9-19)18-23-12-17(26-18)16-6-4-3-5-7-16/h2,12,16H,1,3-11,13-14H2/t19-,20-/m1/s1. The third-order valence-electron chi connectivity index (χ3n) is 6.75. The lowest BCUT2D eigenvalue weighted by Crippen LogP contribution is -2.64. The van der Waals surface area contributed by atoms with Crippen molar-refractivity contribution in [2.24, 2.45) is 5.41 Å². The van der Waals surface area contributed by atoms with E-state index in [9.17, 15) is 5.26 Å². The van der Waals surface area contributed by atoms with E-state index in [0.29, 0.717) is 0 Å². The highest BCUT2D eigenvalue weighted by Crippen LogP contribution is 2.53. The van der Waals surface area contributed by atoms with E-state index in [-0.39, 0.29) is 8.84 Å². The number of hydrogen-bond acceptors (Lipinski definition) is 5. The van der Waals surface area contributed by atoms with Gasteiger partial charge in [0.15, 0.2) is 11.3 Å². The third-order valence-corrected chi connectivity index (χ3v) is 9.73. The number of halogens is 1. The summed E-state index contributed by atoms with van der Waals surface area (Å²) >= 11 is 4.53. The van der Waals surface area contributed by atoms with Gasteiger partial charge in [0.05, 0.1) is 3.42 Å². The average Bonchev–Trinajstić information content (AvgIpc) is 3.17. The quantitative estimate of drug-likeness (QED) is 0.265. The number of likely N-dealkylation sites (tertiary alicyclic amines) is 1. The summed E-state index contributed by atoms with van der Waals surface area (Å²) in [5.41, 5.74) is 0.140. The molecule has 3 heterocycles. The van der Waals surface area contributed by atoms with Gasteiger partial charge in [-0.1, -0.05) is 47.9 Å². The monoisotopic (exact) mass is 482 g/mol. The van der Waals surface area contributed by atoms with E-state index < -0.39 is 0 Å². The first kappa shape index (κ1) is 18.5. The van der Waals surface area contributed by atoms with Gasteiger partial charge in [-0.2, -0.15) is 5.26 Å². The summed E-state index contributed by atoms with van der Waals surface area (Å²) in [6, 6.07) is 0. The molecule has 2 saturated heterocycles. The van der Waals surface area contributed by atoms with Crippen molar-refractivity contribution >= 4 is 39.1 Å². The summed E-state index contributed by atoms with van der Waals surface area (Å²) in [6.45, 7) is 7.85. The van der Waals surface area contributed by atoms with E-state index in [2.05, 4.69) is 52.5 Å². The van der Waals surface area contributed by atoms with Gasteiger partial charge in [0, 0.05) is 42.7 Å². The second kappa shape index (κ2) is 7.31. The molecule has 2 atom stereocenters. The van der Waals surface area contributed by atoms with Crippen LogP contribution in [-0.4, -0.2) is 39.5 Å². The highest BCUT2D eigenvalue weighted by Gasteiger charge is 2.54. The predicted octanol–water partition coefficient (Wildman–Crippen LogP) is 4.93. The lowest BCUT2D eigenvalue weighted by Gasteiger charge is -2.56. The van der Waals surface area contributed by atoms with Crippen LogP contribution in [0.15, 0.2) is 18.9 Å². The molecule has 1 aromatic heterocycles. The van der Waals surface area contributed by atoms with Crippen LogP contribution < -0.4 is 4.90 Å². The zero-order valence-electron chi connectivity index (χ0n) is 15.3. The molecule has 6 heteroatoms. The van der Waals surface area contributed by atoms with Gasteiger partial charge in [-0.3, -0.25) is 0 Å². The van der Waals surface area contributed by atoms with Gasteiger partial charge in [0.25, 0.3) is 0 Å². The van der Waals surface area contributed by atoms with Crippen LogP contribution in [0, 0.1) is 16.9 Å². The van der Waals surface area contributed by atoms with Crippen LogP contribution in [0.3, 0.4) is 0 Å². The molecule has 140 valence electrons. The summed E-state index contributed by atoms with van der Waals surface area (Å²) < 4.78 is 0.0232. The molecular formula is C20H27IN4S. The van der Waals surface area contributed by atoms with Crippen molar-refractivity contribution < 1.29 is 0 Å². The molecular weight excluding hydrogens is 455 g/mol. The van der Waals surface area contributed by atoms with E-state index in [1.165, 1.54) is 42.1 Å². The number of aromatic nitrogens is 1. The molecule has 0 amide bonds. The minimum Gasteiger partial charge on any atom is -0.347 e. The average molecular weight is 482 g/mol. The second-order valence-electron chi connectivity index (χ2n) is 8.15. The first-order valence-electron chi connectivity index (χ1n) is 9.77. The highest BCUT2D eigenvalue weighted by atomic mass is 127. The van der Waals surface area contributed by atoms with Gasteiger partial charge in [0.2, 0.25) is 0 Å². The maximum Gasteiger partial charge on any atom is 0.185 e. The number of hydrogen-bond donors (Lipinski definition) is 0. The Morgan fingerprint density at radius 2 is 2.04 bits per heavy atom. The topological polar surface area (TPSA) is 43.2 Å². The Balaban J connectivity index is 1.53. The minimum absolute atomic E-state index is 0.0232. The Labute approximate surface area is 174 Å². The Morgan fingerprint density at radius 3 is 2.77 bits per heavy atom. The van der Waals surface area contributed by atoms with Gasteiger partial charge in [-0.05, 0) is 31.6 Å². The Morgan fingerprint density at radius 1 is 1.27 bits per heavy atom. The number of nitrogens with zero attached hydrogens (tertiary/aromatic N) is 4. The fourth-order valence-corrected chi connectivity index (χ4v) is 7.70. The van der Waals surface area contributed by atoms with E-state index in [4.69, 9.17) is 4.98 Å². The van der Waals surface area contributed by atoms with Crippen LogP contribution in [0.2, 0.25) is 0 Å². The molecule has 0 aromatic carbocycles. The number of allylic oxidation sites excluding steroid dienone is 1. The Kier molecular flexibility index (Phi) is 5.21. The molecule has 26 heavy (non-hydrogen) atoms.